The zero-order valence-electron chi connectivity index (χ0n) is 15.7. The molecule has 2 aliphatic heterocycles. The maximum absolute atomic E-state index is 13.3. The second-order valence-corrected chi connectivity index (χ2v) is 8.08. The highest BCUT2D eigenvalue weighted by Crippen LogP contribution is 2.58. The van der Waals surface area contributed by atoms with Gasteiger partial charge < -0.3 is 0 Å². The molecule has 3 aliphatic carbocycles. The van der Waals surface area contributed by atoms with Crippen molar-refractivity contribution in [3.8, 4) is 0 Å². The highest BCUT2D eigenvalue weighted by atomic mass is 16.2. The molecule has 4 heterocycles. The second kappa shape index (κ2) is 5.91. The van der Waals surface area contributed by atoms with Crippen LogP contribution in [0.1, 0.15) is 0 Å². The van der Waals surface area contributed by atoms with Gasteiger partial charge in [0.1, 0.15) is 0 Å². The summed E-state index contributed by atoms with van der Waals surface area (Å²) in [6.45, 7) is 0. The fourth-order valence-electron chi connectivity index (χ4n) is 5.72. The molecule has 2 bridgehead atoms. The minimum Gasteiger partial charge on any atom is -0.274 e. The molecule has 30 heavy (non-hydrogen) atoms. The molecule has 8 heteroatoms. The van der Waals surface area contributed by atoms with E-state index >= 15 is 0 Å². The van der Waals surface area contributed by atoms with E-state index in [0.717, 1.165) is 0 Å². The molecule has 0 spiro atoms. The normalized spacial score (nSPS) is 34.0. The number of nitrogens with zero attached hydrogens (tertiary/aromatic N) is 4. The highest BCUT2D eigenvalue weighted by molar-refractivity contribution is 6.26. The Bertz CT molecular complexity index is 999. The van der Waals surface area contributed by atoms with E-state index in [1.54, 1.807) is 24.3 Å². The SMILES string of the molecule is O=C1[C@@H]2C3C=CC([C@H]2C(=O)N1c1ccncc1)[C@@H]1C(=O)N(c2ccncc2)C(=O)[C@H]31. The summed E-state index contributed by atoms with van der Waals surface area (Å²) < 4.78 is 0. The average molecular weight is 400 g/mol. The summed E-state index contributed by atoms with van der Waals surface area (Å²) in [6.07, 6.45) is 9.82. The largest absolute Gasteiger partial charge is 0.274 e. The van der Waals surface area contributed by atoms with Crippen LogP contribution in [0.2, 0.25) is 0 Å². The average Bonchev–Trinajstić information content (AvgIpc) is 3.22. The van der Waals surface area contributed by atoms with Crippen LogP contribution in [0.3, 0.4) is 0 Å². The number of allylic oxidation sites excluding steroid dienone is 2. The standard InChI is InChI=1S/C22H16N4O4/c27-19-15-13-1-2-14(17(15)21(29)25(19)11-3-7-23-8-4-11)18-16(13)20(28)26(22(18)30)12-5-9-24-10-6-12/h1-10,13-18H/t13?,14?,15-,16-,17-,18+/m1/s1. The maximum Gasteiger partial charge on any atom is 0.238 e. The van der Waals surface area contributed by atoms with Gasteiger partial charge in [-0.15, -0.1) is 0 Å². The molecule has 0 N–H and O–H groups in total. The number of amides is 4. The number of carbonyl (C=O) groups is 4. The zero-order valence-corrected chi connectivity index (χ0v) is 15.7. The summed E-state index contributed by atoms with van der Waals surface area (Å²) >= 11 is 0. The summed E-state index contributed by atoms with van der Waals surface area (Å²) in [5.41, 5.74) is 0.935. The Kier molecular flexibility index (Phi) is 3.39. The van der Waals surface area contributed by atoms with E-state index in [1.807, 2.05) is 12.2 Å². The lowest BCUT2D eigenvalue weighted by Crippen LogP contribution is -2.50. The molecule has 148 valence electrons. The summed E-state index contributed by atoms with van der Waals surface area (Å²) in [5.74, 6) is -4.70. The van der Waals surface area contributed by atoms with Crippen molar-refractivity contribution in [1.29, 1.82) is 0 Å². The minimum atomic E-state index is -0.629. The molecule has 0 radical (unpaired) electrons. The Morgan fingerprint density at radius 2 is 0.833 bits per heavy atom. The summed E-state index contributed by atoms with van der Waals surface area (Å²) in [5, 5.41) is 0. The number of hydrogen-bond acceptors (Lipinski definition) is 6. The molecule has 7 rings (SSSR count). The fourth-order valence-corrected chi connectivity index (χ4v) is 5.72. The lowest BCUT2D eigenvalue weighted by atomic mass is 9.54. The van der Waals surface area contributed by atoms with E-state index in [2.05, 4.69) is 9.97 Å². The number of hydrogen-bond donors (Lipinski definition) is 0. The lowest BCUT2D eigenvalue weighted by molar-refractivity contribution is -0.137. The molecule has 3 fully saturated rings. The fraction of sp³-hybridized carbons (Fsp3) is 0.273. The van der Waals surface area contributed by atoms with Gasteiger partial charge >= 0.3 is 0 Å². The first-order chi connectivity index (χ1) is 14.6. The van der Waals surface area contributed by atoms with Crippen LogP contribution in [0.4, 0.5) is 11.4 Å². The first-order valence-corrected chi connectivity index (χ1v) is 9.83. The van der Waals surface area contributed by atoms with E-state index in [9.17, 15) is 19.2 Å². The van der Waals surface area contributed by atoms with Crippen molar-refractivity contribution in [3.63, 3.8) is 0 Å². The van der Waals surface area contributed by atoms with Crippen LogP contribution in [0.15, 0.2) is 61.2 Å². The number of aromatic nitrogens is 2. The Balaban J connectivity index is 1.42. The van der Waals surface area contributed by atoms with E-state index in [4.69, 9.17) is 0 Å². The molecule has 2 aromatic heterocycles. The van der Waals surface area contributed by atoms with Crippen molar-refractivity contribution in [1.82, 2.24) is 9.97 Å². The van der Waals surface area contributed by atoms with Gasteiger partial charge in [-0.1, -0.05) is 12.2 Å². The molecule has 2 saturated heterocycles. The van der Waals surface area contributed by atoms with Crippen LogP contribution in [-0.4, -0.2) is 33.6 Å². The highest BCUT2D eigenvalue weighted by Gasteiger charge is 2.68. The number of pyridine rings is 2. The van der Waals surface area contributed by atoms with E-state index in [0.29, 0.717) is 11.4 Å². The number of anilines is 2. The summed E-state index contributed by atoms with van der Waals surface area (Å²) in [7, 11) is 0. The Morgan fingerprint density at radius 1 is 0.533 bits per heavy atom. The van der Waals surface area contributed by atoms with E-state index < -0.39 is 35.5 Å². The third-order valence-corrected chi connectivity index (χ3v) is 6.85. The van der Waals surface area contributed by atoms with Crippen molar-refractivity contribution in [2.45, 2.75) is 0 Å². The number of rotatable bonds is 2. The molecule has 4 amide bonds. The quantitative estimate of drug-likeness (QED) is 0.555. The van der Waals surface area contributed by atoms with Gasteiger partial charge in [-0.2, -0.15) is 0 Å². The monoisotopic (exact) mass is 400 g/mol. The van der Waals surface area contributed by atoms with Gasteiger partial charge in [-0.3, -0.25) is 29.1 Å². The molecule has 2 aromatic rings. The van der Waals surface area contributed by atoms with Crippen molar-refractivity contribution < 1.29 is 19.2 Å². The molecule has 8 nitrogen and oxygen atoms in total. The topological polar surface area (TPSA) is 101 Å². The van der Waals surface area contributed by atoms with Gasteiger partial charge in [0.05, 0.1) is 35.0 Å². The molecular formula is C22H16N4O4. The third-order valence-electron chi connectivity index (χ3n) is 6.85. The maximum atomic E-state index is 13.3. The Hall–Kier alpha value is -3.68. The van der Waals surface area contributed by atoms with Crippen LogP contribution in [0.25, 0.3) is 0 Å². The summed E-state index contributed by atoms with van der Waals surface area (Å²) in [4.78, 5) is 63.5. The molecular weight excluding hydrogens is 384 g/mol. The Morgan fingerprint density at radius 3 is 1.13 bits per heavy atom. The first kappa shape index (κ1) is 17.2. The molecule has 6 atom stereocenters. The molecule has 0 aromatic carbocycles. The smallest absolute Gasteiger partial charge is 0.238 e. The third kappa shape index (κ3) is 2.00. The van der Waals surface area contributed by atoms with Crippen LogP contribution in [-0.2, 0) is 19.2 Å². The van der Waals surface area contributed by atoms with Crippen molar-refractivity contribution in [2.75, 3.05) is 9.80 Å². The van der Waals surface area contributed by atoms with Crippen LogP contribution < -0.4 is 9.80 Å². The zero-order chi connectivity index (χ0) is 20.6. The molecule has 1 saturated carbocycles. The van der Waals surface area contributed by atoms with Crippen LogP contribution in [0, 0.1) is 35.5 Å². The van der Waals surface area contributed by atoms with Crippen LogP contribution >= 0.6 is 0 Å². The van der Waals surface area contributed by atoms with Gasteiger partial charge in [-0.25, -0.2) is 9.80 Å². The van der Waals surface area contributed by atoms with Crippen molar-refractivity contribution in [2.24, 2.45) is 35.5 Å². The van der Waals surface area contributed by atoms with Crippen molar-refractivity contribution in [3.05, 3.63) is 61.2 Å². The predicted octanol–water partition coefficient (Wildman–Crippen LogP) is 1.20. The molecule has 2 unspecified atom stereocenters. The van der Waals surface area contributed by atoms with Gasteiger partial charge in [0.2, 0.25) is 23.6 Å². The van der Waals surface area contributed by atoms with Gasteiger partial charge in [0, 0.05) is 36.6 Å². The first-order valence-electron chi connectivity index (χ1n) is 9.83. The van der Waals surface area contributed by atoms with Gasteiger partial charge in [0.15, 0.2) is 0 Å². The number of carbonyl (C=O) groups excluding carboxylic acids is 4. The Labute approximate surface area is 171 Å². The second-order valence-electron chi connectivity index (χ2n) is 8.08. The number of imide groups is 2. The summed E-state index contributed by atoms with van der Waals surface area (Å²) in [6, 6.07) is 6.46. The van der Waals surface area contributed by atoms with Gasteiger partial charge in [0.25, 0.3) is 0 Å². The van der Waals surface area contributed by atoms with E-state index in [1.165, 1.54) is 34.6 Å². The lowest BCUT2D eigenvalue weighted by Gasteiger charge is -2.44. The molecule has 5 aliphatic rings. The predicted molar refractivity (Wildman–Crippen MR) is 104 cm³/mol. The van der Waals surface area contributed by atoms with Crippen molar-refractivity contribution >= 4 is 35.0 Å². The van der Waals surface area contributed by atoms with E-state index in [-0.39, 0.29) is 23.6 Å². The minimum absolute atomic E-state index is 0.309. The van der Waals surface area contributed by atoms with Crippen LogP contribution in [0.5, 0.6) is 0 Å². The van der Waals surface area contributed by atoms with Gasteiger partial charge in [-0.05, 0) is 24.3 Å².